The molecule has 0 atom stereocenters. The normalized spacial score (nSPS) is 10.0. The Bertz CT molecular complexity index is 728. The number of anilines is 1. The monoisotopic (exact) mass is 331 g/mol. The molecule has 0 radical (unpaired) electrons. The third kappa shape index (κ3) is 4.27. The van der Waals surface area contributed by atoms with Gasteiger partial charge in [0.25, 0.3) is 5.91 Å². The van der Waals surface area contributed by atoms with Crippen LogP contribution in [0.1, 0.15) is 15.9 Å². The first kappa shape index (κ1) is 16.9. The highest BCUT2D eigenvalue weighted by molar-refractivity contribution is 6.30. The minimum Gasteiger partial charge on any atom is -0.493 e. The van der Waals surface area contributed by atoms with Crippen LogP contribution in [-0.4, -0.2) is 19.6 Å². The van der Waals surface area contributed by atoms with Gasteiger partial charge in [-0.3, -0.25) is 4.79 Å². The Morgan fingerprint density at radius 2 is 2.04 bits per heavy atom. The Morgan fingerprint density at radius 3 is 2.70 bits per heavy atom. The molecule has 0 fully saturated rings. The first-order valence-electron chi connectivity index (χ1n) is 7.04. The van der Waals surface area contributed by atoms with E-state index in [4.69, 9.17) is 21.1 Å². The summed E-state index contributed by atoms with van der Waals surface area (Å²) in [7, 11) is 1.53. The quantitative estimate of drug-likeness (QED) is 0.794. The maximum atomic E-state index is 12.4. The van der Waals surface area contributed by atoms with Gasteiger partial charge in [0.2, 0.25) is 0 Å². The van der Waals surface area contributed by atoms with Crippen LogP contribution in [0.25, 0.3) is 0 Å². The molecule has 1 amide bonds. The smallest absolute Gasteiger partial charge is 0.255 e. The summed E-state index contributed by atoms with van der Waals surface area (Å²) in [6.45, 7) is 5.85. The minimum absolute atomic E-state index is 0.232. The van der Waals surface area contributed by atoms with Crippen molar-refractivity contribution < 1.29 is 14.3 Å². The predicted molar refractivity (Wildman–Crippen MR) is 92.8 cm³/mol. The van der Waals surface area contributed by atoms with E-state index < -0.39 is 0 Å². The predicted octanol–water partition coefficient (Wildman–Crippen LogP) is 4.47. The summed E-state index contributed by atoms with van der Waals surface area (Å²) in [5, 5.41) is 3.49. The topological polar surface area (TPSA) is 47.6 Å². The van der Waals surface area contributed by atoms with E-state index in [2.05, 4.69) is 11.9 Å². The van der Waals surface area contributed by atoms with Crippen LogP contribution in [0.4, 0.5) is 5.69 Å². The third-order valence-corrected chi connectivity index (χ3v) is 3.45. The molecule has 0 aliphatic heterocycles. The molecule has 0 spiro atoms. The molecule has 23 heavy (non-hydrogen) atoms. The Labute approximate surface area is 140 Å². The van der Waals surface area contributed by atoms with Crippen molar-refractivity contribution in [1.82, 2.24) is 0 Å². The number of hydrogen-bond acceptors (Lipinski definition) is 3. The van der Waals surface area contributed by atoms with Crippen molar-refractivity contribution in [3.8, 4) is 11.5 Å². The van der Waals surface area contributed by atoms with Crippen LogP contribution in [0.3, 0.4) is 0 Å². The summed E-state index contributed by atoms with van der Waals surface area (Å²) in [6, 6.07) is 10.3. The Morgan fingerprint density at radius 1 is 1.26 bits per heavy atom. The zero-order valence-electron chi connectivity index (χ0n) is 13.1. The van der Waals surface area contributed by atoms with Crippen LogP contribution < -0.4 is 14.8 Å². The van der Waals surface area contributed by atoms with Gasteiger partial charge in [-0.25, -0.2) is 0 Å². The lowest BCUT2D eigenvalue weighted by Gasteiger charge is -2.12. The second-order valence-electron chi connectivity index (χ2n) is 4.88. The molecule has 0 saturated heterocycles. The molecule has 0 bridgehead atoms. The second-order valence-corrected chi connectivity index (χ2v) is 5.32. The zero-order valence-corrected chi connectivity index (χ0v) is 13.8. The van der Waals surface area contributed by atoms with Gasteiger partial charge in [-0.15, -0.1) is 0 Å². The maximum absolute atomic E-state index is 12.4. The molecule has 0 saturated carbocycles. The average Bonchev–Trinajstić information content (AvgIpc) is 2.55. The molecule has 2 aromatic rings. The lowest BCUT2D eigenvalue weighted by molar-refractivity contribution is 0.102. The van der Waals surface area contributed by atoms with Crippen LogP contribution in [0.15, 0.2) is 49.1 Å². The molecule has 0 aliphatic rings. The van der Waals surface area contributed by atoms with Gasteiger partial charge in [-0.05, 0) is 48.9 Å². The van der Waals surface area contributed by atoms with Crippen molar-refractivity contribution >= 4 is 23.2 Å². The Kier molecular flexibility index (Phi) is 5.66. The molecule has 120 valence electrons. The lowest BCUT2D eigenvalue weighted by Crippen LogP contribution is -2.13. The van der Waals surface area contributed by atoms with Crippen LogP contribution in [0.2, 0.25) is 5.02 Å². The lowest BCUT2D eigenvalue weighted by atomic mass is 10.1. The van der Waals surface area contributed by atoms with Crippen molar-refractivity contribution in [2.24, 2.45) is 0 Å². The fraction of sp³-hybridized carbons (Fsp3) is 0.167. The fourth-order valence-corrected chi connectivity index (χ4v) is 2.27. The first-order chi connectivity index (χ1) is 11.0. The van der Waals surface area contributed by atoms with Gasteiger partial charge in [0.15, 0.2) is 11.5 Å². The van der Waals surface area contributed by atoms with Crippen molar-refractivity contribution in [2.75, 3.05) is 19.0 Å². The summed E-state index contributed by atoms with van der Waals surface area (Å²) >= 11 is 5.92. The van der Waals surface area contributed by atoms with Crippen LogP contribution in [-0.2, 0) is 0 Å². The highest BCUT2D eigenvalue weighted by atomic mass is 35.5. The zero-order chi connectivity index (χ0) is 16.8. The molecule has 2 rings (SSSR count). The second kappa shape index (κ2) is 7.70. The van der Waals surface area contributed by atoms with Gasteiger partial charge >= 0.3 is 0 Å². The van der Waals surface area contributed by atoms with Crippen LogP contribution >= 0.6 is 11.6 Å². The molecular weight excluding hydrogens is 314 g/mol. The maximum Gasteiger partial charge on any atom is 0.255 e. The van der Waals surface area contributed by atoms with Crippen molar-refractivity contribution in [3.05, 3.63) is 65.2 Å². The Hall–Kier alpha value is -2.46. The van der Waals surface area contributed by atoms with Gasteiger partial charge < -0.3 is 14.8 Å². The Balaban J connectivity index is 2.20. The van der Waals surface area contributed by atoms with E-state index in [1.54, 1.807) is 42.5 Å². The summed E-state index contributed by atoms with van der Waals surface area (Å²) in [4.78, 5) is 12.4. The molecule has 5 heteroatoms. The molecule has 0 heterocycles. The third-order valence-electron chi connectivity index (χ3n) is 3.22. The largest absolute Gasteiger partial charge is 0.493 e. The standard InChI is InChI=1S/C18H18ClNO3/c1-4-9-23-16-8-5-13(11-17(16)22-3)18(21)20-15-7-6-14(19)10-12(15)2/h4-8,10-11H,1,9H2,2-3H3,(H,20,21). The summed E-state index contributed by atoms with van der Waals surface area (Å²) < 4.78 is 10.7. The number of amides is 1. The number of aryl methyl sites for hydroxylation is 1. The van der Waals surface area contributed by atoms with E-state index in [-0.39, 0.29) is 5.91 Å². The molecule has 4 nitrogen and oxygen atoms in total. The first-order valence-corrected chi connectivity index (χ1v) is 7.42. The number of methoxy groups -OCH3 is 1. The minimum atomic E-state index is -0.232. The number of hydrogen-bond donors (Lipinski definition) is 1. The van der Waals surface area contributed by atoms with Crippen molar-refractivity contribution in [2.45, 2.75) is 6.92 Å². The van der Waals surface area contributed by atoms with E-state index in [0.29, 0.717) is 34.4 Å². The number of ether oxygens (including phenoxy) is 2. The molecule has 1 N–H and O–H groups in total. The van der Waals surface area contributed by atoms with Crippen molar-refractivity contribution in [1.29, 1.82) is 0 Å². The van der Waals surface area contributed by atoms with Gasteiger partial charge in [0.1, 0.15) is 6.61 Å². The van der Waals surface area contributed by atoms with Gasteiger partial charge in [0, 0.05) is 16.3 Å². The van der Waals surface area contributed by atoms with Crippen LogP contribution in [0.5, 0.6) is 11.5 Å². The average molecular weight is 332 g/mol. The SMILES string of the molecule is C=CCOc1ccc(C(=O)Nc2ccc(Cl)cc2C)cc1OC. The van der Waals surface area contributed by atoms with Gasteiger partial charge in [-0.1, -0.05) is 24.3 Å². The molecule has 0 aliphatic carbocycles. The van der Waals surface area contributed by atoms with E-state index in [1.165, 1.54) is 7.11 Å². The molecule has 0 aromatic heterocycles. The summed E-state index contributed by atoms with van der Waals surface area (Å²) in [5.74, 6) is 0.822. The number of nitrogens with one attached hydrogen (secondary N) is 1. The van der Waals surface area contributed by atoms with E-state index in [1.807, 2.05) is 6.92 Å². The number of benzene rings is 2. The highest BCUT2D eigenvalue weighted by Crippen LogP contribution is 2.29. The number of halogens is 1. The molecule has 2 aromatic carbocycles. The van der Waals surface area contributed by atoms with Crippen LogP contribution in [0, 0.1) is 6.92 Å². The van der Waals surface area contributed by atoms with E-state index in [9.17, 15) is 4.79 Å². The molecular formula is C18H18ClNO3. The van der Waals surface area contributed by atoms with Crippen molar-refractivity contribution in [3.63, 3.8) is 0 Å². The summed E-state index contributed by atoms with van der Waals surface area (Å²) in [5.41, 5.74) is 2.08. The van der Waals surface area contributed by atoms with Gasteiger partial charge in [-0.2, -0.15) is 0 Å². The number of carbonyl (C=O) groups is 1. The number of carbonyl (C=O) groups excluding carboxylic acids is 1. The fourth-order valence-electron chi connectivity index (χ4n) is 2.04. The van der Waals surface area contributed by atoms with Gasteiger partial charge in [0.05, 0.1) is 7.11 Å². The van der Waals surface area contributed by atoms with E-state index in [0.717, 1.165) is 5.56 Å². The number of rotatable bonds is 6. The summed E-state index contributed by atoms with van der Waals surface area (Å²) in [6.07, 6.45) is 1.64. The molecule has 0 unspecified atom stereocenters. The van der Waals surface area contributed by atoms with E-state index >= 15 is 0 Å². The highest BCUT2D eigenvalue weighted by Gasteiger charge is 2.12.